The van der Waals surface area contributed by atoms with Crippen LogP contribution in [0.5, 0.6) is 0 Å². The number of hydrogen-bond donors (Lipinski definition) is 1. The fourth-order valence-electron chi connectivity index (χ4n) is 4.57. The van der Waals surface area contributed by atoms with Crippen molar-refractivity contribution in [3.05, 3.63) is 16.8 Å². The lowest BCUT2D eigenvalue weighted by Crippen LogP contribution is -2.32. The molecule has 1 amide bonds. The van der Waals surface area contributed by atoms with Gasteiger partial charge in [-0.3, -0.25) is 4.79 Å². The van der Waals surface area contributed by atoms with Crippen molar-refractivity contribution in [3.8, 4) is 0 Å². The highest BCUT2D eigenvalue weighted by atomic mass is 32.2. The van der Waals surface area contributed by atoms with Gasteiger partial charge in [0.25, 0.3) is 5.78 Å². The highest BCUT2D eigenvalue weighted by Crippen LogP contribution is 2.40. The van der Waals surface area contributed by atoms with Gasteiger partial charge in [-0.15, -0.1) is 21.5 Å². The molecule has 0 radical (unpaired) electrons. The number of rotatable bonds is 5. The minimum atomic E-state index is -0.0189. The molecule has 2 unspecified atom stereocenters. The van der Waals surface area contributed by atoms with Gasteiger partial charge < -0.3 is 10.1 Å². The maximum Gasteiger partial charge on any atom is 0.260 e. The van der Waals surface area contributed by atoms with E-state index >= 15 is 0 Å². The molecule has 0 saturated carbocycles. The summed E-state index contributed by atoms with van der Waals surface area (Å²) in [5.74, 6) is 1.56. The van der Waals surface area contributed by atoms with E-state index in [1.807, 2.05) is 4.40 Å². The number of ether oxygens (including phenoxy) is 1. The summed E-state index contributed by atoms with van der Waals surface area (Å²) in [6, 6.07) is 0. The summed E-state index contributed by atoms with van der Waals surface area (Å²) in [6.07, 6.45) is 7.15. The molecule has 4 aromatic rings. The van der Waals surface area contributed by atoms with E-state index in [0.29, 0.717) is 23.4 Å². The molecular weight excluding hydrogens is 434 g/mol. The highest BCUT2D eigenvalue weighted by Gasteiger charge is 2.26. The molecule has 0 spiro atoms. The Balaban J connectivity index is 1.35. The van der Waals surface area contributed by atoms with E-state index in [-0.39, 0.29) is 17.8 Å². The number of fused-ring (bicyclic) bond motifs is 8. The van der Waals surface area contributed by atoms with Gasteiger partial charge in [0.15, 0.2) is 10.8 Å². The van der Waals surface area contributed by atoms with Crippen LogP contribution in [0.25, 0.3) is 21.6 Å². The molecule has 1 aliphatic heterocycles. The number of thioether (sulfide) groups is 1. The molecule has 11 heteroatoms. The summed E-state index contributed by atoms with van der Waals surface area (Å²) >= 11 is 3.20. The van der Waals surface area contributed by atoms with Crippen molar-refractivity contribution in [3.63, 3.8) is 0 Å². The Morgan fingerprint density at radius 1 is 1.39 bits per heavy atom. The van der Waals surface area contributed by atoms with Crippen LogP contribution < -0.4 is 5.32 Å². The minimum absolute atomic E-state index is 0.0189. The quantitative estimate of drug-likeness (QED) is 0.460. The van der Waals surface area contributed by atoms with Crippen LogP contribution in [0, 0.1) is 5.92 Å². The molecule has 0 aromatic carbocycles. The van der Waals surface area contributed by atoms with Crippen molar-refractivity contribution >= 4 is 50.6 Å². The van der Waals surface area contributed by atoms with E-state index in [0.717, 1.165) is 48.2 Å². The zero-order valence-corrected chi connectivity index (χ0v) is 18.8. The molecule has 6 rings (SSSR count). The lowest BCUT2D eigenvalue weighted by atomic mass is 9.89. The Morgan fingerprint density at radius 2 is 2.32 bits per heavy atom. The Labute approximate surface area is 186 Å². The molecule has 2 atom stereocenters. The van der Waals surface area contributed by atoms with Crippen LogP contribution in [0.15, 0.2) is 11.5 Å². The van der Waals surface area contributed by atoms with Crippen LogP contribution in [0.1, 0.15) is 36.6 Å². The van der Waals surface area contributed by atoms with E-state index in [2.05, 4.69) is 32.5 Å². The molecular formula is C20H23N7O2S2. The van der Waals surface area contributed by atoms with Gasteiger partial charge in [-0.2, -0.15) is 9.61 Å². The number of carbonyl (C=O) groups is 1. The second-order valence-corrected chi connectivity index (χ2v) is 10.4. The van der Waals surface area contributed by atoms with Gasteiger partial charge in [0.2, 0.25) is 5.91 Å². The smallest absolute Gasteiger partial charge is 0.260 e. The molecule has 0 bridgehead atoms. The Kier molecular flexibility index (Phi) is 4.84. The number of carbonyl (C=O) groups excluding carboxylic acids is 1. The number of aromatic nitrogens is 6. The molecule has 1 aliphatic carbocycles. The second kappa shape index (κ2) is 7.72. The molecule has 1 N–H and O–H groups in total. The third kappa shape index (κ3) is 3.30. The van der Waals surface area contributed by atoms with Crippen LogP contribution in [-0.2, 0) is 22.4 Å². The van der Waals surface area contributed by atoms with Crippen molar-refractivity contribution in [1.29, 1.82) is 0 Å². The third-order valence-corrected chi connectivity index (χ3v) is 8.36. The van der Waals surface area contributed by atoms with E-state index in [4.69, 9.17) is 4.74 Å². The molecule has 9 nitrogen and oxygen atoms in total. The molecule has 1 saturated heterocycles. The Hall–Kier alpha value is -2.24. The average molecular weight is 458 g/mol. The predicted molar refractivity (Wildman–Crippen MR) is 119 cm³/mol. The normalized spacial score (nSPS) is 21.3. The van der Waals surface area contributed by atoms with Crippen molar-refractivity contribution in [2.45, 2.75) is 50.3 Å². The van der Waals surface area contributed by atoms with E-state index in [1.54, 1.807) is 22.2 Å². The number of thiophene rings is 1. The monoisotopic (exact) mass is 457 g/mol. The lowest BCUT2D eigenvalue weighted by Gasteiger charge is -2.17. The predicted octanol–water partition coefficient (Wildman–Crippen LogP) is 2.50. The largest absolute Gasteiger partial charge is 0.376 e. The standard InChI is InChI=1S/C20H23N7O2S2/c1-11-4-5-14-13(7-11)16-17-22-10-23-27(17)19-24-25-20(26(19)18(16)31-14)30-9-15(28)21-8-12-3-2-6-29-12/h10-12H,2-9H2,1H3,(H,21,28). The van der Waals surface area contributed by atoms with E-state index < -0.39 is 0 Å². The van der Waals surface area contributed by atoms with Gasteiger partial charge in [0.05, 0.1) is 17.2 Å². The number of nitrogens with zero attached hydrogens (tertiary/aromatic N) is 6. The maximum absolute atomic E-state index is 12.4. The summed E-state index contributed by atoms with van der Waals surface area (Å²) in [7, 11) is 0. The third-order valence-electron chi connectivity index (χ3n) is 6.15. The SMILES string of the molecule is CC1CCc2sc3c(c2C1)c1ncnn1c1nnc(SCC(=O)NCC2CCCO2)n31. The second-order valence-electron chi connectivity index (χ2n) is 8.37. The maximum atomic E-state index is 12.4. The fourth-order valence-corrected chi connectivity index (χ4v) is 6.73. The van der Waals surface area contributed by atoms with Crippen LogP contribution >= 0.6 is 23.1 Å². The number of nitrogens with one attached hydrogen (secondary N) is 1. The fraction of sp³-hybridized carbons (Fsp3) is 0.550. The van der Waals surface area contributed by atoms with Crippen LogP contribution in [0.2, 0.25) is 0 Å². The summed E-state index contributed by atoms with van der Waals surface area (Å²) in [4.78, 5) is 19.5. The Morgan fingerprint density at radius 3 is 3.19 bits per heavy atom. The van der Waals surface area contributed by atoms with Gasteiger partial charge in [-0.05, 0) is 43.6 Å². The number of aryl methyl sites for hydroxylation is 1. The van der Waals surface area contributed by atoms with Gasteiger partial charge in [0.1, 0.15) is 11.2 Å². The zero-order valence-electron chi connectivity index (χ0n) is 17.2. The number of hydrogen-bond acceptors (Lipinski definition) is 8. The number of amides is 1. The highest BCUT2D eigenvalue weighted by molar-refractivity contribution is 7.99. The van der Waals surface area contributed by atoms with Crippen molar-refractivity contribution in [1.82, 2.24) is 34.5 Å². The molecule has 2 aliphatic rings. The van der Waals surface area contributed by atoms with Gasteiger partial charge in [-0.25, -0.2) is 9.38 Å². The summed E-state index contributed by atoms with van der Waals surface area (Å²) in [5, 5.41) is 18.0. The molecule has 4 aromatic heterocycles. The molecule has 5 heterocycles. The van der Waals surface area contributed by atoms with Crippen LogP contribution in [0.3, 0.4) is 0 Å². The van der Waals surface area contributed by atoms with E-state index in [1.165, 1.54) is 28.6 Å². The topological polar surface area (TPSA) is 98.7 Å². The first-order valence-corrected chi connectivity index (χ1v) is 12.5. The van der Waals surface area contributed by atoms with Gasteiger partial charge >= 0.3 is 0 Å². The van der Waals surface area contributed by atoms with Crippen molar-refractivity contribution in [2.24, 2.45) is 5.92 Å². The molecule has 162 valence electrons. The minimum Gasteiger partial charge on any atom is -0.376 e. The van der Waals surface area contributed by atoms with Crippen molar-refractivity contribution in [2.75, 3.05) is 18.9 Å². The van der Waals surface area contributed by atoms with Gasteiger partial charge in [0, 0.05) is 18.0 Å². The van der Waals surface area contributed by atoms with Crippen molar-refractivity contribution < 1.29 is 9.53 Å². The first-order valence-electron chi connectivity index (χ1n) is 10.7. The first-order chi connectivity index (χ1) is 15.2. The van der Waals surface area contributed by atoms with Crippen LogP contribution in [0.4, 0.5) is 0 Å². The zero-order chi connectivity index (χ0) is 20.9. The van der Waals surface area contributed by atoms with Crippen LogP contribution in [-0.4, -0.2) is 60.1 Å². The molecule has 1 fully saturated rings. The average Bonchev–Trinajstić information content (AvgIpc) is 3.55. The lowest BCUT2D eigenvalue weighted by molar-refractivity contribution is -0.119. The van der Waals surface area contributed by atoms with E-state index in [9.17, 15) is 4.79 Å². The summed E-state index contributed by atoms with van der Waals surface area (Å²) in [6.45, 7) is 3.66. The van der Waals surface area contributed by atoms with Gasteiger partial charge in [-0.1, -0.05) is 18.7 Å². The molecule has 31 heavy (non-hydrogen) atoms. The first kappa shape index (κ1) is 19.4. The summed E-state index contributed by atoms with van der Waals surface area (Å²) < 4.78 is 9.39. The summed E-state index contributed by atoms with van der Waals surface area (Å²) in [5.41, 5.74) is 2.23. The Bertz CT molecular complexity index is 1290.